The van der Waals surface area contributed by atoms with Crippen LogP contribution in [0, 0.1) is 22.9 Å². The summed E-state index contributed by atoms with van der Waals surface area (Å²) in [5.41, 5.74) is 0.594. The second kappa shape index (κ2) is 5.70. The van der Waals surface area contributed by atoms with Gasteiger partial charge in [-0.2, -0.15) is 5.10 Å². The average Bonchev–Trinajstić information content (AvgIpc) is 2.92. The summed E-state index contributed by atoms with van der Waals surface area (Å²) in [7, 11) is 0. The van der Waals surface area contributed by atoms with E-state index in [1.165, 1.54) is 23.9 Å². The molecule has 1 aromatic carbocycles. The minimum atomic E-state index is -0.761. The molecule has 110 valence electrons. The van der Waals surface area contributed by atoms with Crippen molar-refractivity contribution in [1.29, 1.82) is 0 Å². The Hall–Kier alpha value is -2.77. The molecule has 0 saturated carbocycles. The zero-order chi connectivity index (χ0) is 15.6. The van der Waals surface area contributed by atoms with Crippen molar-refractivity contribution in [2.45, 2.75) is 19.9 Å². The van der Waals surface area contributed by atoms with Gasteiger partial charge in [-0.1, -0.05) is 6.07 Å². The summed E-state index contributed by atoms with van der Waals surface area (Å²) in [6, 6.07) is 3.58. The number of nitro groups is 1. The van der Waals surface area contributed by atoms with Crippen LogP contribution in [0.25, 0.3) is 0 Å². The van der Waals surface area contributed by atoms with E-state index in [9.17, 15) is 19.3 Å². The van der Waals surface area contributed by atoms with Crippen molar-refractivity contribution in [3.05, 3.63) is 52.1 Å². The lowest BCUT2D eigenvalue weighted by atomic mass is 10.2. The molecule has 0 fully saturated rings. The summed E-state index contributed by atoms with van der Waals surface area (Å²) in [5.74, 6) is -0.869. The van der Waals surface area contributed by atoms with Crippen molar-refractivity contribution in [2.75, 3.05) is 5.32 Å². The van der Waals surface area contributed by atoms with Crippen LogP contribution in [0.1, 0.15) is 18.5 Å². The maximum absolute atomic E-state index is 13.4. The fourth-order valence-electron chi connectivity index (χ4n) is 1.67. The lowest BCUT2D eigenvalue weighted by Crippen LogP contribution is -2.24. The molecule has 0 radical (unpaired) electrons. The molecule has 7 nitrogen and oxygen atoms in total. The van der Waals surface area contributed by atoms with Gasteiger partial charge in [0, 0.05) is 5.69 Å². The van der Waals surface area contributed by atoms with Crippen LogP contribution in [0.2, 0.25) is 0 Å². The minimum Gasteiger partial charge on any atom is -0.324 e. The van der Waals surface area contributed by atoms with Gasteiger partial charge in [0.15, 0.2) is 0 Å². The standard InChI is InChI=1S/C13H13FN4O3/c1-8-3-4-10(5-12(8)14)16-13(19)9(2)17-7-11(6-15-17)18(20)21/h3-7,9H,1-2H3,(H,16,19). The number of benzene rings is 1. The number of hydrogen-bond donors (Lipinski definition) is 1. The molecule has 2 aromatic rings. The number of amides is 1. The number of aromatic nitrogens is 2. The maximum atomic E-state index is 13.4. The van der Waals surface area contributed by atoms with E-state index in [0.29, 0.717) is 11.3 Å². The van der Waals surface area contributed by atoms with Crippen LogP contribution < -0.4 is 5.32 Å². The number of anilines is 1. The van der Waals surface area contributed by atoms with Crippen LogP contribution >= 0.6 is 0 Å². The van der Waals surface area contributed by atoms with Gasteiger partial charge in [-0.25, -0.2) is 4.39 Å². The van der Waals surface area contributed by atoms with Crippen LogP contribution in [-0.4, -0.2) is 20.6 Å². The van der Waals surface area contributed by atoms with E-state index in [-0.39, 0.29) is 5.69 Å². The highest BCUT2D eigenvalue weighted by atomic mass is 19.1. The van der Waals surface area contributed by atoms with Crippen LogP contribution in [-0.2, 0) is 4.79 Å². The number of carbonyl (C=O) groups is 1. The third-order valence-corrected chi connectivity index (χ3v) is 3.01. The largest absolute Gasteiger partial charge is 0.324 e. The van der Waals surface area contributed by atoms with Crippen LogP contribution in [0.3, 0.4) is 0 Å². The van der Waals surface area contributed by atoms with E-state index in [4.69, 9.17) is 0 Å². The monoisotopic (exact) mass is 292 g/mol. The molecule has 2 rings (SSSR count). The number of nitrogens with one attached hydrogen (secondary N) is 1. The van der Waals surface area contributed by atoms with Crippen molar-refractivity contribution in [1.82, 2.24) is 9.78 Å². The first-order valence-corrected chi connectivity index (χ1v) is 6.14. The van der Waals surface area contributed by atoms with E-state index < -0.39 is 22.7 Å². The Bertz CT molecular complexity index is 698. The van der Waals surface area contributed by atoms with Crippen LogP contribution in [0.15, 0.2) is 30.6 Å². The zero-order valence-corrected chi connectivity index (χ0v) is 11.4. The maximum Gasteiger partial charge on any atom is 0.307 e. The molecule has 1 heterocycles. The number of hydrogen-bond acceptors (Lipinski definition) is 4. The van der Waals surface area contributed by atoms with E-state index in [0.717, 1.165) is 6.20 Å². The quantitative estimate of drug-likeness (QED) is 0.692. The Kier molecular flexibility index (Phi) is 3.97. The van der Waals surface area contributed by atoms with Crippen molar-refractivity contribution >= 4 is 17.3 Å². The predicted molar refractivity (Wildman–Crippen MR) is 73.4 cm³/mol. The van der Waals surface area contributed by atoms with Gasteiger partial charge in [-0.15, -0.1) is 0 Å². The average molecular weight is 292 g/mol. The van der Waals surface area contributed by atoms with Crippen LogP contribution in [0.4, 0.5) is 15.8 Å². The first kappa shape index (κ1) is 14.6. The molecular weight excluding hydrogens is 279 g/mol. The summed E-state index contributed by atoms with van der Waals surface area (Å²) in [4.78, 5) is 22.0. The third-order valence-electron chi connectivity index (χ3n) is 3.01. The van der Waals surface area contributed by atoms with E-state index in [1.54, 1.807) is 19.1 Å². The first-order chi connectivity index (χ1) is 9.88. The van der Waals surface area contributed by atoms with E-state index >= 15 is 0 Å². The summed E-state index contributed by atoms with van der Waals surface area (Å²) in [6.45, 7) is 3.16. The second-order valence-corrected chi connectivity index (χ2v) is 4.56. The summed E-state index contributed by atoms with van der Waals surface area (Å²) < 4.78 is 14.6. The fourth-order valence-corrected chi connectivity index (χ4v) is 1.67. The Morgan fingerprint density at radius 1 is 1.52 bits per heavy atom. The normalized spacial score (nSPS) is 12.0. The molecular formula is C13H13FN4O3. The number of carbonyl (C=O) groups excluding carboxylic acids is 1. The molecule has 0 aliphatic heterocycles. The Labute approximate surface area is 119 Å². The molecule has 0 spiro atoms. The lowest BCUT2D eigenvalue weighted by Gasteiger charge is -2.12. The lowest BCUT2D eigenvalue weighted by molar-refractivity contribution is -0.385. The molecule has 0 bridgehead atoms. The Morgan fingerprint density at radius 2 is 2.24 bits per heavy atom. The van der Waals surface area contributed by atoms with Gasteiger partial charge in [0.25, 0.3) is 0 Å². The molecule has 1 atom stereocenters. The van der Waals surface area contributed by atoms with Crippen molar-refractivity contribution in [3.8, 4) is 0 Å². The summed E-state index contributed by atoms with van der Waals surface area (Å²) in [5, 5.41) is 16.9. The van der Waals surface area contributed by atoms with Gasteiger partial charge < -0.3 is 5.32 Å². The highest BCUT2D eigenvalue weighted by molar-refractivity contribution is 5.93. The highest BCUT2D eigenvalue weighted by Crippen LogP contribution is 2.17. The van der Waals surface area contributed by atoms with E-state index in [1.807, 2.05) is 0 Å². The minimum absolute atomic E-state index is 0.198. The van der Waals surface area contributed by atoms with Gasteiger partial charge >= 0.3 is 5.69 Å². The van der Waals surface area contributed by atoms with Gasteiger partial charge in [0.1, 0.15) is 24.3 Å². The van der Waals surface area contributed by atoms with Crippen molar-refractivity contribution in [3.63, 3.8) is 0 Å². The third kappa shape index (κ3) is 3.22. The van der Waals surface area contributed by atoms with Crippen LogP contribution in [0.5, 0.6) is 0 Å². The molecule has 1 unspecified atom stereocenters. The topological polar surface area (TPSA) is 90.1 Å². The van der Waals surface area contributed by atoms with E-state index in [2.05, 4.69) is 10.4 Å². The molecule has 21 heavy (non-hydrogen) atoms. The Morgan fingerprint density at radius 3 is 2.81 bits per heavy atom. The summed E-state index contributed by atoms with van der Waals surface area (Å²) >= 11 is 0. The zero-order valence-electron chi connectivity index (χ0n) is 11.4. The second-order valence-electron chi connectivity index (χ2n) is 4.56. The molecule has 1 amide bonds. The van der Waals surface area contributed by atoms with Crippen molar-refractivity contribution in [2.24, 2.45) is 0 Å². The molecule has 1 N–H and O–H groups in total. The molecule has 1 aromatic heterocycles. The smallest absolute Gasteiger partial charge is 0.307 e. The first-order valence-electron chi connectivity index (χ1n) is 6.14. The molecule has 8 heteroatoms. The molecule has 0 saturated heterocycles. The van der Waals surface area contributed by atoms with Crippen molar-refractivity contribution < 1.29 is 14.1 Å². The Balaban J connectivity index is 2.11. The van der Waals surface area contributed by atoms with Gasteiger partial charge in [-0.05, 0) is 31.5 Å². The van der Waals surface area contributed by atoms with Gasteiger partial charge in [0.05, 0.1) is 4.92 Å². The fraction of sp³-hybridized carbons (Fsp3) is 0.231. The highest BCUT2D eigenvalue weighted by Gasteiger charge is 2.19. The number of rotatable bonds is 4. The number of aryl methyl sites for hydroxylation is 1. The van der Waals surface area contributed by atoms with Gasteiger partial charge in [-0.3, -0.25) is 19.6 Å². The molecule has 0 aliphatic rings. The SMILES string of the molecule is Cc1ccc(NC(=O)C(C)n2cc([N+](=O)[O-])cn2)cc1F. The number of halogens is 1. The van der Waals surface area contributed by atoms with Gasteiger partial charge in [0.2, 0.25) is 5.91 Å². The predicted octanol–water partition coefficient (Wildman–Crippen LogP) is 2.44. The molecule has 0 aliphatic carbocycles. The summed E-state index contributed by atoms with van der Waals surface area (Å²) in [6.07, 6.45) is 2.23. The number of nitrogens with zero attached hydrogens (tertiary/aromatic N) is 3.